The number of hydrogen-bond donors (Lipinski definition) is 0. The van der Waals surface area contributed by atoms with Crippen LogP contribution in [0.4, 0.5) is 0 Å². The molecule has 3 unspecified atom stereocenters. The van der Waals surface area contributed by atoms with Crippen LogP contribution in [0.1, 0.15) is 66.2 Å². The van der Waals surface area contributed by atoms with E-state index in [-0.39, 0.29) is 0 Å². The Kier molecular flexibility index (Phi) is 5.39. The van der Waals surface area contributed by atoms with E-state index in [9.17, 15) is 0 Å². The molecular weight excluding hydrogens is 263 g/mol. The summed E-state index contributed by atoms with van der Waals surface area (Å²) in [4.78, 5) is 4.95. The normalized spacial score (nSPS) is 32.3. The first-order valence-corrected chi connectivity index (χ1v) is 8.70. The Hall–Kier alpha value is -0.245. The number of rotatable bonds is 2. The summed E-state index contributed by atoms with van der Waals surface area (Å²) in [5.74, 6) is 0.330. The van der Waals surface area contributed by atoms with Crippen molar-refractivity contribution in [1.82, 2.24) is 9.80 Å². The number of nitrogens with zero attached hydrogens (tertiary/aromatic N) is 2. The summed E-state index contributed by atoms with van der Waals surface area (Å²) in [5, 5.41) is 1.05. The second kappa shape index (κ2) is 6.68. The lowest BCUT2D eigenvalue weighted by Gasteiger charge is -2.32. The van der Waals surface area contributed by atoms with Crippen LogP contribution in [0, 0.1) is 0 Å². The van der Waals surface area contributed by atoms with E-state index in [0.717, 1.165) is 11.5 Å². The highest BCUT2D eigenvalue weighted by molar-refractivity contribution is 7.80. The largest absolute Gasteiger partial charge is 0.342 e. The fourth-order valence-corrected chi connectivity index (χ4v) is 4.65. The van der Waals surface area contributed by atoms with Crippen LogP contribution in [0.2, 0.25) is 5.82 Å². The van der Waals surface area contributed by atoms with Gasteiger partial charge in [0.1, 0.15) is 0 Å². The van der Waals surface area contributed by atoms with Crippen molar-refractivity contribution in [3.05, 3.63) is 0 Å². The quantitative estimate of drug-likeness (QED) is 0.565. The van der Waals surface area contributed by atoms with E-state index >= 15 is 0 Å². The van der Waals surface area contributed by atoms with Crippen molar-refractivity contribution in [2.45, 2.75) is 96.2 Å². The third-order valence-electron chi connectivity index (χ3n) is 4.83. The van der Waals surface area contributed by atoms with Gasteiger partial charge in [0.05, 0.1) is 19.9 Å². The van der Waals surface area contributed by atoms with Crippen LogP contribution in [0.25, 0.3) is 0 Å². The molecule has 1 saturated heterocycles. The maximum atomic E-state index is 6.37. The van der Waals surface area contributed by atoms with Gasteiger partial charge < -0.3 is 9.80 Å². The topological polar surface area (TPSA) is 6.48 Å². The minimum Gasteiger partial charge on any atom is -0.342 e. The van der Waals surface area contributed by atoms with Gasteiger partial charge in [0, 0.05) is 12.1 Å². The second-order valence-electron chi connectivity index (χ2n) is 7.05. The maximum absolute atomic E-state index is 6.37. The van der Waals surface area contributed by atoms with E-state index in [4.69, 9.17) is 20.1 Å². The Balaban J connectivity index is 2.29. The Labute approximate surface area is 131 Å². The molecule has 0 aromatic carbocycles. The molecule has 0 N–H and O–H groups in total. The van der Waals surface area contributed by atoms with E-state index < -0.39 is 0 Å². The van der Waals surface area contributed by atoms with E-state index in [1.165, 1.54) is 32.1 Å². The van der Waals surface area contributed by atoms with Crippen molar-refractivity contribution in [2.75, 3.05) is 0 Å². The van der Waals surface area contributed by atoms with Crippen molar-refractivity contribution in [3.8, 4) is 0 Å². The minimum absolute atomic E-state index is 0.330. The first-order valence-electron chi connectivity index (χ1n) is 8.29. The lowest BCUT2D eigenvalue weighted by atomic mass is 9.77. The standard InChI is InChI=1S/C16H29BN2S/c1-11(2)18-14-9-7-5-6-8-13(17)10-15(14)19(12(3)4)16(18)20/h11-15H,5-10H2,1-4H3. The molecular formula is C16H29BN2S. The summed E-state index contributed by atoms with van der Waals surface area (Å²) in [7, 11) is 6.37. The van der Waals surface area contributed by atoms with E-state index in [1.54, 1.807) is 0 Å². The van der Waals surface area contributed by atoms with E-state index in [2.05, 4.69) is 37.5 Å². The van der Waals surface area contributed by atoms with Crippen LogP contribution < -0.4 is 0 Å². The molecule has 1 heterocycles. The van der Waals surface area contributed by atoms with Gasteiger partial charge in [-0.3, -0.25) is 0 Å². The van der Waals surface area contributed by atoms with E-state index in [1.807, 2.05) is 0 Å². The third-order valence-corrected chi connectivity index (χ3v) is 5.25. The van der Waals surface area contributed by atoms with Gasteiger partial charge in [-0.15, -0.1) is 0 Å². The average molecular weight is 292 g/mol. The van der Waals surface area contributed by atoms with Crippen LogP contribution >= 0.6 is 12.2 Å². The number of thiocarbonyl (C=S) groups is 1. The van der Waals surface area contributed by atoms with Crippen LogP contribution in [0.5, 0.6) is 0 Å². The van der Waals surface area contributed by atoms with Gasteiger partial charge in [-0.2, -0.15) is 0 Å². The van der Waals surface area contributed by atoms with Gasteiger partial charge in [-0.25, -0.2) is 0 Å². The SMILES string of the molecule is [B]C1CCCCCC2C(C1)N(C(C)C)C(=S)N2C(C)C. The molecule has 2 fully saturated rings. The molecule has 4 heteroatoms. The Morgan fingerprint density at radius 1 is 0.950 bits per heavy atom. The average Bonchev–Trinajstić information content (AvgIpc) is 2.64. The lowest BCUT2D eigenvalue weighted by molar-refractivity contribution is 0.202. The van der Waals surface area contributed by atoms with E-state index in [0.29, 0.717) is 30.0 Å². The first kappa shape index (κ1) is 16.1. The van der Waals surface area contributed by atoms with Gasteiger partial charge in [0.25, 0.3) is 0 Å². The molecule has 0 bridgehead atoms. The second-order valence-corrected chi connectivity index (χ2v) is 7.42. The maximum Gasteiger partial charge on any atom is 0.172 e. The third kappa shape index (κ3) is 3.15. The van der Waals surface area contributed by atoms with Crippen LogP contribution in [-0.2, 0) is 0 Å². The molecule has 0 aromatic rings. The molecule has 3 atom stereocenters. The van der Waals surface area contributed by atoms with Gasteiger partial charge >= 0.3 is 0 Å². The Morgan fingerprint density at radius 3 is 2.10 bits per heavy atom. The molecule has 2 radical (unpaired) electrons. The highest BCUT2D eigenvalue weighted by Gasteiger charge is 2.44. The van der Waals surface area contributed by atoms with Gasteiger partial charge in [-0.1, -0.05) is 31.5 Å². The molecule has 2 nitrogen and oxygen atoms in total. The van der Waals surface area contributed by atoms with Gasteiger partial charge in [-0.05, 0) is 52.8 Å². The monoisotopic (exact) mass is 292 g/mol. The summed E-state index contributed by atoms with van der Waals surface area (Å²) < 4.78 is 0. The highest BCUT2D eigenvalue weighted by atomic mass is 32.1. The summed E-state index contributed by atoms with van der Waals surface area (Å²) in [6.45, 7) is 9.04. The molecule has 0 amide bonds. The summed E-state index contributed by atoms with van der Waals surface area (Å²) in [5.41, 5.74) is 0. The van der Waals surface area contributed by atoms with Gasteiger partial charge in [0.15, 0.2) is 5.11 Å². The summed E-state index contributed by atoms with van der Waals surface area (Å²) in [6.07, 6.45) is 7.44. The first-order chi connectivity index (χ1) is 9.43. The zero-order valence-corrected chi connectivity index (χ0v) is 14.3. The molecule has 0 aromatic heterocycles. The van der Waals surface area contributed by atoms with Crippen molar-refractivity contribution < 1.29 is 0 Å². The van der Waals surface area contributed by atoms with Crippen molar-refractivity contribution >= 4 is 25.2 Å². The minimum atomic E-state index is 0.330. The Morgan fingerprint density at radius 2 is 1.50 bits per heavy atom. The smallest absolute Gasteiger partial charge is 0.172 e. The van der Waals surface area contributed by atoms with Crippen molar-refractivity contribution in [3.63, 3.8) is 0 Å². The zero-order chi connectivity index (χ0) is 14.9. The molecule has 0 spiro atoms. The highest BCUT2D eigenvalue weighted by Crippen LogP contribution is 2.37. The molecule has 112 valence electrons. The predicted molar refractivity (Wildman–Crippen MR) is 91.3 cm³/mol. The van der Waals surface area contributed by atoms with Crippen LogP contribution in [-0.4, -0.2) is 46.9 Å². The molecule has 1 aliphatic carbocycles. The summed E-state index contributed by atoms with van der Waals surface area (Å²) in [6, 6.07) is 2.02. The molecule has 1 saturated carbocycles. The summed E-state index contributed by atoms with van der Waals surface area (Å²) >= 11 is 5.80. The number of fused-ring (bicyclic) bond motifs is 1. The fourth-order valence-electron chi connectivity index (χ4n) is 3.96. The molecule has 20 heavy (non-hydrogen) atoms. The van der Waals surface area contributed by atoms with Gasteiger partial charge in [0.2, 0.25) is 0 Å². The zero-order valence-electron chi connectivity index (χ0n) is 13.5. The Bertz CT molecular complexity index is 345. The molecule has 2 aliphatic rings. The van der Waals surface area contributed by atoms with Crippen LogP contribution in [0.3, 0.4) is 0 Å². The van der Waals surface area contributed by atoms with Crippen LogP contribution in [0.15, 0.2) is 0 Å². The molecule has 1 aliphatic heterocycles. The molecule has 2 rings (SSSR count). The predicted octanol–water partition coefficient (Wildman–Crippen LogP) is 3.75. The van der Waals surface area contributed by atoms with Crippen molar-refractivity contribution in [2.24, 2.45) is 0 Å². The lowest BCUT2D eigenvalue weighted by Crippen LogP contribution is -2.41. The van der Waals surface area contributed by atoms with Crippen molar-refractivity contribution in [1.29, 1.82) is 0 Å². The number of hydrogen-bond acceptors (Lipinski definition) is 1. The fraction of sp³-hybridized carbons (Fsp3) is 0.938.